The second kappa shape index (κ2) is 5.58. The molecule has 17 heavy (non-hydrogen) atoms. The first-order valence-corrected chi connectivity index (χ1v) is 5.48. The highest BCUT2D eigenvalue weighted by Crippen LogP contribution is 2.30. The van der Waals surface area contributed by atoms with Crippen molar-refractivity contribution in [3.63, 3.8) is 0 Å². The Labute approximate surface area is 105 Å². The minimum Gasteiger partial charge on any atom is -0.481 e. The summed E-state index contributed by atoms with van der Waals surface area (Å²) in [6.45, 7) is 1.80. The van der Waals surface area contributed by atoms with Gasteiger partial charge in [-0.1, -0.05) is 0 Å². The Morgan fingerprint density at radius 2 is 2.35 bits per heavy atom. The lowest BCUT2D eigenvalue weighted by atomic mass is 10.2. The molecule has 92 valence electrons. The minimum atomic E-state index is -0.924. The number of pyridine rings is 1. The molecule has 1 aromatic heterocycles. The summed E-state index contributed by atoms with van der Waals surface area (Å²) >= 11 is 3.19. The number of nitro groups is 1. The molecule has 0 unspecified atom stereocenters. The monoisotopic (exact) mass is 303 g/mol. The van der Waals surface area contributed by atoms with E-state index in [1.54, 1.807) is 6.92 Å². The van der Waals surface area contributed by atoms with Gasteiger partial charge in [0.15, 0.2) is 0 Å². The number of halogens is 1. The third-order valence-corrected chi connectivity index (χ3v) is 3.04. The van der Waals surface area contributed by atoms with Crippen LogP contribution in [0.25, 0.3) is 0 Å². The lowest BCUT2D eigenvalue weighted by Gasteiger charge is -2.08. The maximum absolute atomic E-state index is 10.6. The fourth-order valence-corrected chi connectivity index (χ4v) is 1.61. The molecule has 1 heterocycles. The summed E-state index contributed by atoms with van der Waals surface area (Å²) in [6.07, 6.45) is 1.09. The minimum absolute atomic E-state index is 0.0514. The molecule has 0 atom stereocenters. The molecule has 0 saturated carbocycles. The van der Waals surface area contributed by atoms with E-state index < -0.39 is 10.9 Å². The van der Waals surface area contributed by atoms with Crippen LogP contribution in [-0.4, -0.2) is 27.5 Å². The van der Waals surface area contributed by atoms with Gasteiger partial charge in [-0.05, 0) is 22.9 Å². The Kier molecular flexibility index (Phi) is 4.38. The van der Waals surface area contributed by atoms with Crippen LogP contribution in [0.5, 0.6) is 0 Å². The average molecular weight is 304 g/mol. The lowest BCUT2D eigenvalue weighted by molar-refractivity contribution is -0.385. The zero-order valence-corrected chi connectivity index (χ0v) is 10.5. The Balaban J connectivity index is 2.85. The van der Waals surface area contributed by atoms with Crippen molar-refractivity contribution in [2.24, 2.45) is 0 Å². The number of carboxylic acids is 1. The Hall–Kier alpha value is -1.70. The molecule has 0 radical (unpaired) electrons. The van der Waals surface area contributed by atoms with Crippen LogP contribution in [0.3, 0.4) is 0 Å². The molecule has 2 N–H and O–H groups in total. The van der Waals surface area contributed by atoms with Crippen molar-refractivity contribution >= 4 is 33.4 Å². The van der Waals surface area contributed by atoms with Crippen LogP contribution in [0, 0.1) is 17.0 Å². The quantitative estimate of drug-likeness (QED) is 0.636. The molecule has 7 nitrogen and oxygen atoms in total. The summed E-state index contributed by atoms with van der Waals surface area (Å²) in [7, 11) is 0. The van der Waals surface area contributed by atoms with Crippen LogP contribution in [0.15, 0.2) is 10.7 Å². The van der Waals surface area contributed by atoms with Gasteiger partial charge in [-0.25, -0.2) is 4.98 Å². The van der Waals surface area contributed by atoms with Gasteiger partial charge in [0.05, 0.1) is 15.8 Å². The van der Waals surface area contributed by atoms with E-state index in [1.807, 2.05) is 0 Å². The summed E-state index contributed by atoms with van der Waals surface area (Å²) in [5.74, 6) is -0.526. The van der Waals surface area contributed by atoms with Crippen LogP contribution in [0.2, 0.25) is 0 Å². The molecule has 0 spiro atoms. The van der Waals surface area contributed by atoms with E-state index in [2.05, 4.69) is 26.2 Å². The van der Waals surface area contributed by atoms with E-state index in [4.69, 9.17) is 5.11 Å². The molecule has 1 aromatic rings. The molecule has 0 bridgehead atoms. The van der Waals surface area contributed by atoms with Crippen molar-refractivity contribution in [2.75, 3.05) is 11.9 Å². The Morgan fingerprint density at radius 3 is 2.88 bits per heavy atom. The standard InChI is InChI=1S/C9H10BrN3O4/c1-5-6(13(16)17)4-12-9(8(5)10)11-3-2-7(14)15/h4H,2-3H2,1H3,(H,11,12)(H,14,15). The molecule has 0 aliphatic heterocycles. The van der Waals surface area contributed by atoms with E-state index in [1.165, 1.54) is 0 Å². The molecule has 0 saturated heterocycles. The van der Waals surface area contributed by atoms with E-state index in [0.717, 1.165) is 6.20 Å². The average Bonchev–Trinajstić information content (AvgIpc) is 2.23. The highest BCUT2D eigenvalue weighted by molar-refractivity contribution is 9.10. The highest BCUT2D eigenvalue weighted by Gasteiger charge is 2.16. The van der Waals surface area contributed by atoms with Gasteiger partial charge in [0, 0.05) is 12.1 Å². The number of hydrogen-bond acceptors (Lipinski definition) is 5. The maximum Gasteiger partial charge on any atom is 0.305 e. The number of aromatic nitrogens is 1. The van der Waals surface area contributed by atoms with Crippen LogP contribution in [0.1, 0.15) is 12.0 Å². The smallest absolute Gasteiger partial charge is 0.305 e. The van der Waals surface area contributed by atoms with Crippen molar-refractivity contribution in [1.82, 2.24) is 4.98 Å². The predicted octanol–water partition coefficient (Wildman–Crippen LogP) is 1.95. The van der Waals surface area contributed by atoms with Gasteiger partial charge in [0.1, 0.15) is 12.0 Å². The van der Waals surface area contributed by atoms with E-state index in [-0.39, 0.29) is 18.7 Å². The van der Waals surface area contributed by atoms with Gasteiger partial charge in [-0.2, -0.15) is 0 Å². The van der Waals surface area contributed by atoms with Crippen LogP contribution in [-0.2, 0) is 4.79 Å². The highest BCUT2D eigenvalue weighted by atomic mass is 79.9. The molecule has 0 aliphatic carbocycles. The third kappa shape index (κ3) is 3.38. The Morgan fingerprint density at radius 1 is 1.71 bits per heavy atom. The third-order valence-electron chi connectivity index (χ3n) is 2.07. The van der Waals surface area contributed by atoms with Gasteiger partial charge in [-0.15, -0.1) is 0 Å². The summed E-state index contributed by atoms with van der Waals surface area (Å²) in [4.78, 5) is 24.3. The van der Waals surface area contributed by atoms with Gasteiger partial charge >= 0.3 is 5.97 Å². The number of nitrogens with one attached hydrogen (secondary N) is 1. The zero-order valence-electron chi connectivity index (χ0n) is 8.94. The molecule has 1 rings (SSSR count). The van der Waals surface area contributed by atoms with E-state index in [0.29, 0.717) is 15.9 Å². The first kappa shape index (κ1) is 13.4. The van der Waals surface area contributed by atoms with Crippen molar-refractivity contribution in [2.45, 2.75) is 13.3 Å². The van der Waals surface area contributed by atoms with E-state index >= 15 is 0 Å². The summed E-state index contributed by atoms with van der Waals surface area (Å²) in [6, 6.07) is 0. The molecule has 0 amide bonds. The van der Waals surface area contributed by atoms with Crippen molar-refractivity contribution in [3.05, 3.63) is 26.3 Å². The zero-order chi connectivity index (χ0) is 13.0. The van der Waals surface area contributed by atoms with E-state index in [9.17, 15) is 14.9 Å². The number of hydrogen-bond donors (Lipinski definition) is 2. The van der Waals surface area contributed by atoms with Gasteiger partial charge in [0.2, 0.25) is 0 Å². The maximum atomic E-state index is 10.6. The lowest BCUT2D eigenvalue weighted by Crippen LogP contribution is -2.09. The largest absolute Gasteiger partial charge is 0.481 e. The van der Waals surface area contributed by atoms with Gasteiger partial charge in [0.25, 0.3) is 5.69 Å². The number of anilines is 1. The SMILES string of the molecule is Cc1c([N+](=O)[O-])cnc(NCCC(=O)O)c1Br. The van der Waals surface area contributed by atoms with Crippen LogP contribution in [0.4, 0.5) is 11.5 Å². The summed E-state index contributed by atoms with van der Waals surface area (Å²) in [5, 5.41) is 21.9. The van der Waals surface area contributed by atoms with Gasteiger partial charge in [-0.3, -0.25) is 14.9 Å². The molecule has 0 aliphatic rings. The van der Waals surface area contributed by atoms with Crippen LogP contribution >= 0.6 is 15.9 Å². The molecular formula is C9H10BrN3O4. The fraction of sp³-hybridized carbons (Fsp3) is 0.333. The van der Waals surface area contributed by atoms with Crippen LogP contribution < -0.4 is 5.32 Å². The number of nitrogens with zero attached hydrogens (tertiary/aromatic N) is 2. The summed E-state index contributed by atoms with van der Waals surface area (Å²) in [5.41, 5.74) is 0.364. The first-order valence-electron chi connectivity index (χ1n) is 4.68. The Bertz CT molecular complexity index is 464. The van der Waals surface area contributed by atoms with Crippen molar-refractivity contribution in [1.29, 1.82) is 0 Å². The molecule has 0 aromatic carbocycles. The summed E-state index contributed by atoms with van der Waals surface area (Å²) < 4.78 is 0.470. The number of carbonyl (C=O) groups is 1. The first-order chi connectivity index (χ1) is 7.93. The topological polar surface area (TPSA) is 105 Å². The second-order valence-electron chi connectivity index (χ2n) is 3.26. The van der Waals surface area contributed by atoms with Gasteiger partial charge < -0.3 is 10.4 Å². The number of carboxylic acid groups (broad SMARTS) is 1. The second-order valence-corrected chi connectivity index (χ2v) is 4.05. The molecule has 8 heteroatoms. The van der Waals surface area contributed by atoms with Crippen molar-refractivity contribution < 1.29 is 14.8 Å². The fourth-order valence-electron chi connectivity index (χ4n) is 1.16. The number of rotatable bonds is 5. The molecule has 0 fully saturated rings. The molecular weight excluding hydrogens is 294 g/mol. The normalized spacial score (nSPS) is 10.0. The number of aliphatic carboxylic acids is 1. The van der Waals surface area contributed by atoms with Crippen molar-refractivity contribution in [3.8, 4) is 0 Å². The predicted molar refractivity (Wildman–Crippen MR) is 64.1 cm³/mol.